The number of rotatable bonds is 1. The van der Waals surface area contributed by atoms with Gasteiger partial charge in [0.2, 0.25) is 0 Å². The van der Waals surface area contributed by atoms with Gasteiger partial charge in [-0.05, 0) is 40.0 Å². The van der Waals surface area contributed by atoms with Crippen LogP contribution in [0.4, 0.5) is 4.79 Å². The highest BCUT2D eigenvalue weighted by Crippen LogP contribution is 2.36. The highest BCUT2D eigenvalue weighted by Gasteiger charge is 2.35. The zero-order chi connectivity index (χ0) is 15.2. The highest BCUT2D eigenvalue weighted by atomic mass is 16.6. The van der Waals surface area contributed by atoms with Gasteiger partial charge in [0.05, 0.1) is 24.8 Å². The van der Waals surface area contributed by atoms with E-state index in [0.717, 1.165) is 24.1 Å². The maximum absolute atomic E-state index is 12.2. The van der Waals surface area contributed by atoms with E-state index < -0.39 is 5.60 Å². The summed E-state index contributed by atoms with van der Waals surface area (Å²) in [4.78, 5) is 13.8. The van der Waals surface area contributed by atoms with Crippen molar-refractivity contribution in [2.45, 2.75) is 64.8 Å². The molecule has 6 nitrogen and oxygen atoms in total. The third-order valence-corrected chi connectivity index (χ3v) is 3.99. The average molecular weight is 288 g/mol. The summed E-state index contributed by atoms with van der Waals surface area (Å²) >= 11 is 0. The lowest BCUT2D eigenvalue weighted by atomic mass is 9.93. The first-order valence-electron chi connectivity index (χ1n) is 7.37. The molecule has 1 amide bonds. The Morgan fingerprint density at radius 3 is 2.62 bits per heavy atom. The number of nitrogens with zero attached hydrogens (tertiary/aromatic N) is 4. The largest absolute Gasteiger partial charge is 0.444 e. The van der Waals surface area contributed by atoms with Crippen LogP contribution >= 0.6 is 0 Å². The zero-order valence-corrected chi connectivity index (χ0v) is 12.7. The summed E-state index contributed by atoms with van der Waals surface area (Å²) in [5.41, 5.74) is 1.82. The number of carbonyl (C=O) groups is 1. The first-order valence-corrected chi connectivity index (χ1v) is 7.37. The van der Waals surface area contributed by atoms with Crippen molar-refractivity contribution in [3.8, 4) is 6.07 Å². The smallest absolute Gasteiger partial charge is 0.410 e. The maximum atomic E-state index is 12.2. The number of amides is 1. The predicted octanol–water partition coefficient (Wildman–Crippen LogP) is 2.73. The molecule has 0 N–H and O–H groups in total. The van der Waals surface area contributed by atoms with E-state index >= 15 is 0 Å². The van der Waals surface area contributed by atoms with E-state index in [-0.39, 0.29) is 6.09 Å². The van der Waals surface area contributed by atoms with Gasteiger partial charge in [0.15, 0.2) is 5.69 Å². The molecule has 3 rings (SSSR count). The number of fused-ring (bicyclic) bond motifs is 1. The van der Waals surface area contributed by atoms with Crippen molar-refractivity contribution in [2.75, 3.05) is 0 Å². The molecular weight excluding hydrogens is 268 g/mol. The first-order chi connectivity index (χ1) is 9.89. The van der Waals surface area contributed by atoms with Crippen LogP contribution in [0.1, 0.15) is 63.0 Å². The average Bonchev–Trinajstić information content (AvgIpc) is 2.85. The van der Waals surface area contributed by atoms with Crippen molar-refractivity contribution in [3.05, 3.63) is 17.0 Å². The molecule has 0 atom stereocenters. The number of aromatic nitrogens is 2. The molecule has 2 aliphatic rings. The van der Waals surface area contributed by atoms with Gasteiger partial charge in [0, 0.05) is 5.56 Å². The van der Waals surface area contributed by atoms with Crippen LogP contribution in [0, 0.1) is 11.3 Å². The zero-order valence-electron chi connectivity index (χ0n) is 12.7. The van der Waals surface area contributed by atoms with Gasteiger partial charge in [-0.2, -0.15) is 10.4 Å². The Balaban J connectivity index is 1.82. The summed E-state index contributed by atoms with van der Waals surface area (Å²) in [6.45, 7) is 6.45. The lowest BCUT2D eigenvalue weighted by Gasteiger charge is -2.28. The van der Waals surface area contributed by atoms with Crippen LogP contribution in [-0.2, 0) is 17.8 Å². The van der Waals surface area contributed by atoms with Crippen LogP contribution in [0.25, 0.3) is 0 Å². The topological polar surface area (TPSA) is 71.2 Å². The van der Waals surface area contributed by atoms with Crippen LogP contribution in [-0.4, -0.2) is 26.4 Å². The standard InChI is InChI=1S/C15H20N4O2/c1-15(2,3)21-14(20)18-8-11-12(7-16)17-19(13(11)9-18)10-5-4-6-10/h10H,4-6,8-9H2,1-3H3. The van der Waals surface area contributed by atoms with Crippen molar-refractivity contribution < 1.29 is 9.53 Å². The van der Waals surface area contributed by atoms with Crippen molar-refractivity contribution in [2.24, 2.45) is 0 Å². The maximum Gasteiger partial charge on any atom is 0.410 e. The summed E-state index contributed by atoms with van der Waals surface area (Å²) in [6.07, 6.45) is 3.08. The fourth-order valence-electron chi connectivity index (χ4n) is 2.74. The second-order valence-electron chi connectivity index (χ2n) is 6.75. The summed E-state index contributed by atoms with van der Waals surface area (Å²) in [5.74, 6) is 0. The Labute approximate surface area is 124 Å². The van der Waals surface area contributed by atoms with Crippen molar-refractivity contribution >= 4 is 6.09 Å². The minimum atomic E-state index is -0.510. The molecule has 0 saturated heterocycles. The van der Waals surface area contributed by atoms with Crippen molar-refractivity contribution in [1.29, 1.82) is 5.26 Å². The minimum absolute atomic E-state index is 0.331. The van der Waals surface area contributed by atoms with E-state index in [1.165, 1.54) is 6.42 Å². The molecule has 1 aromatic rings. The van der Waals surface area contributed by atoms with Gasteiger partial charge >= 0.3 is 6.09 Å². The van der Waals surface area contributed by atoms with E-state index in [1.807, 2.05) is 25.5 Å². The molecule has 0 aromatic carbocycles. The fourth-order valence-corrected chi connectivity index (χ4v) is 2.74. The van der Waals surface area contributed by atoms with Crippen LogP contribution in [0.5, 0.6) is 0 Å². The predicted molar refractivity (Wildman–Crippen MR) is 75.3 cm³/mol. The number of nitriles is 1. The molecule has 0 bridgehead atoms. The Bertz CT molecular complexity index is 617. The Kier molecular flexibility index (Phi) is 3.16. The lowest BCUT2D eigenvalue weighted by Crippen LogP contribution is -2.34. The van der Waals surface area contributed by atoms with Gasteiger partial charge in [-0.1, -0.05) is 0 Å². The van der Waals surface area contributed by atoms with Gasteiger partial charge in [-0.3, -0.25) is 9.58 Å². The number of ether oxygens (including phenoxy) is 1. The van der Waals surface area contributed by atoms with Crippen LogP contribution in [0.3, 0.4) is 0 Å². The van der Waals surface area contributed by atoms with Crippen LogP contribution in [0.2, 0.25) is 0 Å². The number of hydrogen-bond donors (Lipinski definition) is 0. The Hall–Kier alpha value is -2.03. The third kappa shape index (κ3) is 2.48. The molecule has 6 heteroatoms. The van der Waals surface area contributed by atoms with E-state index in [9.17, 15) is 10.1 Å². The summed E-state index contributed by atoms with van der Waals surface area (Å²) in [5, 5.41) is 13.7. The molecule has 1 aliphatic heterocycles. The van der Waals surface area contributed by atoms with E-state index in [4.69, 9.17) is 4.74 Å². The van der Waals surface area contributed by atoms with E-state index in [2.05, 4.69) is 11.2 Å². The van der Waals surface area contributed by atoms with Gasteiger partial charge in [0.25, 0.3) is 0 Å². The van der Waals surface area contributed by atoms with E-state index in [1.54, 1.807) is 4.90 Å². The molecule has 0 unspecified atom stereocenters. The second kappa shape index (κ2) is 4.76. The normalized spacial score (nSPS) is 18.1. The summed E-state index contributed by atoms with van der Waals surface area (Å²) in [6, 6.07) is 2.54. The molecule has 1 aliphatic carbocycles. The number of carbonyl (C=O) groups excluding carboxylic acids is 1. The molecule has 0 spiro atoms. The van der Waals surface area contributed by atoms with Crippen LogP contribution in [0.15, 0.2) is 0 Å². The molecule has 2 heterocycles. The molecular formula is C15H20N4O2. The van der Waals surface area contributed by atoms with E-state index in [0.29, 0.717) is 24.8 Å². The monoisotopic (exact) mass is 288 g/mol. The van der Waals surface area contributed by atoms with Crippen molar-refractivity contribution in [3.63, 3.8) is 0 Å². The summed E-state index contributed by atoms with van der Waals surface area (Å²) < 4.78 is 7.37. The molecule has 21 heavy (non-hydrogen) atoms. The highest BCUT2D eigenvalue weighted by molar-refractivity contribution is 5.69. The molecule has 1 aromatic heterocycles. The molecule has 1 saturated carbocycles. The molecule has 1 fully saturated rings. The first kappa shape index (κ1) is 13.9. The molecule has 112 valence electrons. The quantitative estimate of drug-likeness (QED) is 0.796. The third-order valence-electron chi connectivity index (χ3n) is 3.99. The lowest BCUT2D eigenvalue weighted by molar-refractivity contribution is 0.0236. The van der Waals surface area contributed by atoms with Gasteiger partial charge < -0.3 is 4.74 Å². The summed E-state index contributed by atoms with van der Waals surface area (Å²) in [7, 11) is 0. The van der Waals surface area contributed by atoms with Gasteiger partial charge in [-0.15, -0.1) is 0 Å². The molecule has 0 radical (unpaired) electrons. The number of hydrogen-bond acceptors (Lipinski definition) is 4. The Morgan fingerprint density at radius 1 is 1.38 bits per heavy atom. The van der Waals surface area contributed by atoms with Gasteiger partial charge in [0.1, 0.15) is 11.7 Å². The van der Waals surface area contributed by atoms with Crippen molar-refractivity contribution in [1.82, 2.24) is 14.7 Å². The van der Waals surface area contributed by atoms with Gasteiger partial charge in [-0.25, -0.2) is 4.79 Å². The minimum Gasteiger partial charge on any atom is -0.444 e. The Morgan fingerprint density at radius 2 is 2.10 bits per heavy atom. The fraction of sp³-hybridized carbons (Fsp3) is 0.667. The SMILES string of the molecule is CC(C)(C)OC(=O)N1Cc2c(C#N)nn(C3CCC3)c2C1. The second-order valence-corrected chi connectivity index (χ2v) is 6.75. The van der Waals surface area contributed by atoms with Crippen LogP contribution < -0.4 is 0 Å².